The standard InChI is InChI=1S/C18H27NO4/c1-18(2,3)23-17(21)19-14-9-8-13(12-14)15-6-4-5-7-16(15)22-11-10-20/h4-7,13-14,20H,8-12H2,1-3H3,(H,19,21)/t13-,14-/m0/s1. The van der Waals surface area contributed by atoms with Gasteiger partial charge in [0.05, 0.1) is 6.61 Å². The van der Waals surface area contributed by atoms with E-state index in [1.165, 1.54) is 0 Å². The maximum absolute atomic E-state index is 11.9. The zero-order chi connectivity index (χ0) is 16.9. The van der Waals surface area contributed by atoms with E-state index in [9.17, 15) is 4.79 Å². The van der Waals surface area contributed by atoms with Crippen molar-refractivity contribution < 1.29 is 19.4 Å². The first-order valence-electron chi connectivity index (χ1n) is 8.21. The first-order chi connectivity index (χ1) is 10.9. The molecule has 0 saturated heterocycles. The van der Waals surface area contributed by atoms with Crippen LogP contribution in [-0.4, -0.2) is 36.1 Å². The van der Waals surface area contributed by atoms with E-state index < -0.39 is 5.60 Å². The Balaban J connectivity index is 1.94. The molecule has 1 aromatic carbocycles. The third-order valence-corrected chi connectivity index (χ3v) is 3.86. The fourth-order valence-electron chi connectivity index (χ4n) is 2.97. The van der Waals surface area contributed by atoms with E-state index in [1.807, 2.05) is 39.0 Å². The molecule has 2 N–H and O–H groups in total. The highest BCUT2D eigenvalue weighted by atomic mass is 16.6. The van der Waals surface area contributed by atoms with E-state index in [1.54, 1.807) is 0 Å². The summed E-state index contributed by atoms with van der Waals surface area (Å²) in [5, 5.41) is 11.9. The number of para-hydroxylation sites is 1. The molecule has 0 aromatic heterocycles. The molecule has 0 radical (unpaired) electrons. The van der Waals surface area contributed by atoms with Crippen LogP contribution in [0.3, 0.4) is 0 Å². The number of ether oxygens (including phenoxy) is 2. The van der Waals surface area contributed by atoms with Crippen LogP contribution in [-0.2, 0) is 4.74 Å². The summed E-state index contributed by atoms with van der Waals surface area (Å²) < 4.78 is 10.9. The van der Waals surface area contributed by atoms with Gasteiger partial charge in [0.1, 0.15) is 18.0 Å². The van der Waals surface area contributed by atoms with Crippen LogP contribution in [0.4, 0.5) is 4.79 Å². The van der Waals surface area contributed by atoms with Crippen LogP contribution in [0.2, 0.25) is 0 Å². The predicted molar refractivity (Wildman–Crippen MR) is 88.8 cm³/mol. The monoisotopic (exact) mass is 321 g/mol. The van der Waals surface area contributed by atoms with Gasteiger partial charge in [-0.25, -0.2) is 4.79 Å². The fraction of sp³-hybridized carbons (Fsp3) is 0.611. The van der Waals surface area contributed by atoms with E-state index in [0.29, 0.717) is 12.5 Å². The van der Waals surface area contributed by atoms with Gasteiger partial charge in [-0.3, -0.25) is 0 Å². The lowest BCUT2D eigenvalue weighted by atomic mass is 9.96. The third-order valence-electron chi connectivity index (χ3n) is 3.86. The number of carbonyl (C=O) groups excluding carboxylic acids is 1. The molecule has 0 heterocycles. The van der Waals surface area contributed by atoms with Crippen molar-refractivity contribution in [1.82, 2.24) is 5.32 Å². The van der Waals surface area contributed by atoms with Crippen molar-refractivity contribution in [3.63, 3.8) is 0 Å². The number of aliphatic hydroxyl groups excluding tert-OH is 1. The molecule has 0 unspecified atom stereocenters. The molecule has 0 bridgehead atoms. The van der Waals surface area contributed by atoms with Gasteiger partial charge in [-0.1, -0.05) is 18.2 Å². The third kappa shape index (κ3) is 5.43. The van der Waals surface area contributed by atoms with E-state index >= 15 is 0 Å². The average molecular weight is 321 g/mol. The number of aliphatic hydroxyl groups is 1. The molecule has 5 heteroatoms. The van der Waals surface area contributed by atoms with Crippen LogP contribution < -0.4 is 10.1 Å². The van der Waals surface area contributed by atoms with Crippen LogP contribution in [0.15, 0.2) is 24.3 Å². The number of nitrogens with one attached hydrogen (secondary N) is 1. The normalized spacial score (nSPS) is 21.0. The summed E-state index contributed by atoms with van der Waals surface area (Å²) in [6.07, 6.45) is 2.45. The highest BCUT2D eigenvalue weighted by Gasteiger charge is 2.30. The second-order valence-corrected chi connectivity index (χ2v) is 6.96. The molecule has 5 nitrogen and oxygen atoms in total. The number of alkyl carbamates (subject to hydrolysis) is 1. The summed E-state index contributed by atoms with van der Waals surface area (Å²) in [6.45, 7) is 5.88. The Kier molecular flexibility index (Phi) is 5.88. The number of rotatable bonds is 5. The zero-order valence-corrected chi connectivity index (χ0v) is 14.2. The molecule has 2 rings (SSSR count). The Morgan fingerprint density at radius 1 is 1.30 bits per heavy atom. The summed E-state index contributed by atoms with van der Waals surface area (Å²) in [6, 6.07) is 8.05. The SMILES string of the molecule is CC(C)(C)OC(=O)N[C@H]1CC[C@H](c2ccccc2OCCO)C1. The molecule has 0 spiro atoms. The van der Waals surface area contributed by atoms with Gasteiger partial charge in [-0.2, -0.15) is 0 Å². The summed E-state index contributed by atoms with van der Waals surface area (Å²) in [4.78, 5) is 11.9. The minimum Gasteiger partial charge on any atom is -0.491 e. The van der Waals surface area contributed by atoms with Crippen molar-refractivity contribution in [2.24, 2.45) is 0 Å². The number of benzene rings is 1. The van der Waals surface area contributed by atoms with Gasteiger partial charge in [-0.05, 0) is 57.6 Å². The van der Waals surface area contributed by atoms with Crippen LogP contribution >= 0.6 is 0 Å². The lowest BCUT2D eigenvalue weighted by Gasteiger charge is -2.22. The van der Waals surface area contributed by atoms with Crippen molar-refractivity contribution in [3.05, 3.63) is 29.8 Å². The van der Waals surface area contributed by atoms with Crippen molar-refractivity contribution >= 4 is 6.09 Å². The Morgan fingerprint density at radius 3 is 2.74 bits per heavy atom. The lowest BCUT2D eigenvalue weighted by Crippen LogP contribution is -2.37. The predicted octanol–water partition coefficient (Wildman–Crippen LogP) is 3.22. The maximum atomic E-state index is 11.9. The minimum absolute atomic E-state index is 0.00181. The van der Waals surface area contributed by atoms with Gasteiger partial charge in [0.2, 0.25) is 0 Å². The molecule has 1 aromatic rings. The molecule has 0 aliphatic heterocycles. The topological polar surface area (TPSA) is 67.8 Å². The van der Waals surface area contributed by atoms with Crippen LogP contribution in [0.25, 0.3) is 0 Å². The highest BCUT2D eigenvalue weighted by molar-refractivity contribution is 5.68. The summed E-state index contributed by atoms with van der Waals surface area (Å²) >= 11 is 0. The first kappa shape index (κ1) is 17.6. The number of carbonyl (C=O) groups is 1. The van der Waals surface area contributed by atoms with Crippen molar-refractivity contribution in [3.8, 4) is 5.75 Å². The molecule has 1 amide bonds. The Hall–Kier alpha value is -1.75. The number of hydrogen-bond acceptors (Lipinski definition) is 4. The van der Waals surface area contributed by atoms with E-state index in [4.69, 9.17) is 14.6 Å². The molecular formula is C18H27NO4. The Bertz CT molecular complexity index is 524. The van der Waals surface area contributed by atoms with E-state index in [2.05, 4.69) is 11.4 Å². The molecular weight excluding hydrogens is 294 g/mol. The van der Waals surface area contributed by atoms with Crippen LogP contribution in [0, 0.1) is 0 Å². The van der Waals surface area contributed by atoms with Gasteiger partial charge in [0.25, 0.3) is 0 Å². The number of hydrogen-bond donors (Lipinski definition) is 2. The molecule has 2 atom stereocenters. The van der Waals surface area contributed by atoms with Gasteiger partial charge in [0, 0.05) is 6.04 Å². The van der Waals surface area contributed by atoms with Crippen LogP contribution in [0.1, 0.15) is 51.5 Å². The quantitative estimate of drug-likeness (QED) is 0.874. The Labute approximate surface area is 138 Å². The van der Waals surface area contributed by atoms with Crippen molar-refractivity contribution in [2.45, 2.75) is 57.6 Å². The van der Waals surface area contributed by atoms with Crippen molar-refractivity contribution in [1.29, 1.82) is 0 Å². The molecule has 1 saturated carbocycles. The average Bonchev–Trinajstić information content (AvgIpc) is 2.91. The second kappa shape index (κ2) is 7.68. The molecule has 23 heavy (non-hydrogen) atoms. The van der Waals surface area contributed by atoms with Crippen LogP contribution in [0.5, 0.6) is 5.75 Å². The van der Waals surface area contributed by atoms with Gasteiger partial charge in [-0.15, -0.1) is 0 Å². The maximum Gasteiger partial charge on any atom is 0.407 e. The lowest BCUT2D eigenvalue weighted by molar-refractivity contribution is 0.0505. The van der Waals surface area contributed by atoms with E-state index in [-0.39, 0.29) is 18.7 Å². The van der Waals surface area contributed by atoms with E-state index in [0.717, 1.165) is 30.6 Å². The molecule has 1 aliphatic carbocycles. The fourth-order valence-corrected chi connectivity index (χ4v) is 2.97. The largest absolute Gasteiger partial charge is 0.491 e. The summed E-state index contributed by atoms with van der Waals surface area (Å²) in [7, 11) is 0. The second-order valence-electron chi connectivity index (χ2n) is 6.96. The van der Waals surface area contributed by atoms with Gasteiger partial charge in [0.15, 0.2) is 0 Å². The van der Waals surface area contributed by atoms with Gasteiger partial charge < -0.3 is 19.9 Å². The summed E-state index contributed by atoms with van der Waals surface area (Å²) in [5.41, 5.74) is 0.668. The molecule has 1 fully saturated rings. The molecule has 128 valence electrons. The van der Waals surface area contributed by atoms with Gasteiger partial charge >= 0.3 is 6.09 Å². The van der Waals surface area contributed by atoms with Crippen molar-refractivity contribution in [2.75, 3.05) is 13.2 Å². The highest BCUT2D eigenvalue weighted by Crippen LogP contribution is 2.38. The Morgan fingerprint density at radius 2 is 2.04 bits per heavy atom. The first-order valence-corrected chi connectivity index (χ1v) is 8.21. The number of amides is 1. The zero-order valence-electron chi connectivity index (χ0n) is 14.2. The minimum atomic E-state index is -0.479. The molecule has 1 aliphatic rings. The summed E-state index contributed by atoms with van der Waals surface area (Å²) in [5.74, 6) is 1.18. The smallest absolute Gasteiger partial charge is 0.407 e.